The Balaban J connectivity index is 0.964. The number of amides is 1. The highest BCUT2D eigenvalue weighted by molar-refractivity contribution is 7.21. The van der Waals surface area contributed by atoms with Crippen LogP contribution >= 0.6 is 11.3 Å². The lowest BCUT2D eigenvalue weighted by atomic mass is 10.0. The van der Waals surface area contributed by atoms with Crippen LogP contribution in [0.2, 0.25) is 0 Å². The van der Waals surface area contributed by atoms with Crippen molar-refractivity contribution in [1.29, 1.82) is 0 Å². The summed E-state index contributed by atoms with van der Waals surface area (Å²) in [6.07, 6.45) is 0. The Morgan fingerprint density at radius 1 is 0.872 bits per heavy atom. The molecule has 1 aliphatic heterocycles. The van der Waals surface area contributed by atoms with Crippen LogP contribution in [0.1, 0.15) is 22.7 Å². The summed E-state index contributed by atoms with van der Waals surface area (Å²) in [5.41, 5.74) is 9.83. The van der Waals surface area contributed by atoms with E-state index in [-0.39, 0.29) is 5.91 Å². The van der Waals surface area contributed by atoms with E-state index in [2.05, 4.69) is 79.0 Å². The molecule has 194 valence electrons. The van der Waals surface area contributed by atoms with Crippen LogP contribution in [-0.4, -0.2) is 43.6 Å². The van der Waals surface area contributed by atoms with Gasteiger partial charge in [0.2, 0.25) is 0 Å². The Bertz CT molecular complexity index is 1620. The van der Waals surface area contributed by atoms with Gasteiger partial charge in [-0.3, -0.25) is 4.79 Å². The minimum absolute atomic E-state index is 0.0771. The zero-order valence-electron chi connectivity index (χ0n) is 22.0. The zero-order valence-corrected chi connectivity index (χ0v) is 22.9. The van der Waals surface area contributed by atoms with Crippen LogP contribution in [0.3, 0.4) is 0 Å². The molecule has 0 unspecified atom stereocenters. The Hall–Kier alpha value is -3.84. The molecule has 3 N–H and O–H groups in total. The van der Waals surface area contributed by atoms with Gasteiger partial charge in [0.15, 0.2) is 6.54 Å². The number of carbonyl (C=O) groups is 1. The molecular formula is C33H32N4OS+2. The van der Waals surface area contributed by atoms with Crippen molar-refractivity contribution >= 4 is 33.1 Å². The largest absolute Gasteiger partial charge is 0.321 e. The average Bonchev–Trinajstić information content (AvgIpc) is 3.53. The number of carbonyl (C=O) groups excluding carboxylic acids is 1. The fourth-order valence-electron chi connectivity index (χ4n) is 6.27. The standard InChI is InChI=1S/C33H30N4OS/c1-22-10-15-29-30(20-22)39-33(35-29)23-11-13-24(14-12-23)34-31(38)21-36-16-18-37(19-17-36)32-27-8-4-2-6-25(27)26-7-3-5-9-28(26)32/h2-15,20,32H,16-19,21H2,1H3,(H,34,38)/p+2. The topological polar surface area (TPSA) is 50.9 Å². The highest BCUT2D eigenvalue weighted by atomic mass is 32.1. The third kappa shape index (κ3) is 4.65. The Labute approximate surface area is 232 Å². The van der Waals surface area contributed by atoms with Crippen molar-refractivity contribution in [3.63, 3.8) is 0 Å². The SMILES string of the molecule is Cc1ccc2nc(-c3ccc(NC(=O)C[NH+]4CC[NH+](C5c6ccccc6-c6ccccc65)CC4)cc3)sc2c1. The van der Waals surface area contributed by atoms with E-state index in [1.807, 2.05) is 24.3 Å². The van der Waals surface area contributed by atoms with Gasteiger partial charge >= 0.3 is 0 Å². The van der Waals surface area contributed by atoms with E-state index in [9.17, 15) is 4.79 Å². The van der Waals surface area contributed by atoms with Gasteiger partial charge in [-0.15, -0.1) is 11.3 Å². The molecule has 4 aromatic carbocycles. The number of piperazine rings is 1. The molecule has 5 nitrogen and oxygen atoms in total. The minimum atomic E-state index is 0.0771. The fourth-order valence-corrected chi connectivity index (χ4v) is 7.34. The highest BCUT2D eigenvalue weighted by Gasteiger charge is 2.38. The maximum Gasteiger partial charge on any atom is 0.279 e. The van der Waals surface area contributed by atoms with Crippen molar-refractivity contribution in [2.45, 2.75) is 13.0 Å². The third-order valence-corrected chi connectivity index (χ3v) is 9.28. The second-order valence-corrected chi connectivity index (χ2v) is 11.8. The average molecular weight is 533 g/mol. The summed E-state index contributed by atoms with van der Waals surface area (Å²) in [5, 5.41) is 4.12. The number of thiazole rings is 1. The first-order valence-electron chi connectivity index (χ1n) is 13.8. The molecular weight excluding hydrogens is 500 g/mol. The number of hydrogen-bond acceptors (Lipinski definition) is 3. The number of quaternary nitrogens is 2. The van der Waals surface area contributed by atoms with Gasteiger partial charge in [0.1, 0.15) is 37.2 Å². The Morgan fingerprint density at radius 3 is 2.23 bits per heavy atom. The van der Waals surface area contributed by atoms with Crippen LogP contribution in [0.5, 0.6) is 0 Å². The van der Waals surface area contributed by atoms with Gasteiger partial charge < -0.3 is 15.1 Å². The molecule has 1 fully saturated rings. The maximum atomic E-state index is 12.9. The molecule has 5 aromatic rings. The number of aryl methyl sites for hydroxylation is 1. The normalized spacial score (nSPS) is 18.6. The number of benzene rings is 4. The first-order valence-corrected chi connectivity index (χ1v) is 14.6. The molecule has 2 heterocycles. The number of hydrogen-bond donors (Lipinski definition) is 3. The van der Waals surface area contributed by atoms with E-state index in [0.717, 1.165) is 48.0 Å². The zero-order chi connectivity index (χ0) is 26.3. The van der Waals surface area contributed by atoms with Crippen molar-refractivity contribution in [3.05, 3.63) is 108 Å². The van der Waals surface area contributed by atoms with E-state index < -0.39 is 0 Å². The molecule has 1 saturated heterocycles. The van der Waals surface area contributed by atoms with Crippen LogP contribution in [0.4, 0.5) is 5.69 Å². The lowest BCUT2D eigenvalue weighted by Gasteiger charge is -2.33. The summed E-state index contributed by atoms with van der Waals surface area (Å²) in [6.45, 7) is 6.73. The highest BCUT2D eigenvalue weighted by Crippen LogP contribution is 2.41. The molecule has 0 bridgehead atoms. The number of nitrogens with zero attached hydrogens (tertiary/aromatic N) is 1. The molecule has 39 heavy (non-hydrogen) atoms. The van der Waals surface area contributed by atoms with Crippen LogP contribution in [-0.2, 0) is 4.79 Å². The molecule has 7 rings (SSSR count). The van der Waals surface area contributed by atoms with Gasteiger partial charge in [-0.2, -0.15) is 0 Å². The smallest absolute Gasteiger partial charge is 0.279 e. The number of nitrogens with one attached hydrogen (secondary N) is 3. The molecule has 0 radical (unpaired) electrons. The van der Waals surface area contributed by atoms with Crippen LogP contribution in [0.15, 0.2) is 91.0 Å². The molecule has 0 saturated carbocycles. The summed E-state index contributed by atoms with van der Waals surface area (Å²) in [6, 6.07) is 32.5. The summed E-state index contributed by atoms with van der Waals surface area (Å²) >= 11 is 1.71. The van der Waals surface area contributed by atoms with Gasteiger partial charge in [0.25, 0.3) is 5.91 Å². The van der Waals surface area contributed by atoms with E-state index in [4.69, 9.17) is 4.98 Å². The lowest BCUT2D eigenvalue weighted by Crippen LogP contribution is -3.28. The summed E-state index contributed by atoms with van der Waals surface area (Å²) in [7, 11) is 0. The van der Waals surface area contributed by atoms with Crippen molar-refractivity contribution < 1.29 is 14.6 Å². The summed E-state index contributed by atoms with van der Waals surface area (Å²) in [4.78, 5) is 20.6. The Morgan fingerprint density at radius 2 is 1.54 bits per heavy atom. The molecule has 1 aliphatic carbocycles. The van der Waals surface area contributed by atoms with E-state index in [1.54, 1.807) is 16.2 Å². The van der Waals surface area contributed by atoms with Crippen LogP contribution in [0.25, 0.3) is 31.9 Å². The molecule has 0 atom stereocenters. The third-order valence-electron chi connectivity index (χ3n) is 8.21. The minimum Gasteiger partial charge on any atom is -0.321 e. The van der Waals surface area contributed by atoms with E-state index >= 15 is 0 Å². The Kier molecular flexibility index (Phi) is 6.24. The summed E-state index contributed by atoms with van der Waals surface area (Å²) < 4.78 is 1.20. The number of rotatable bonds is 5. The number of aromatic nitrogens is 1. The van der Waals surface area contributed by atoms with Crippen molar-refractivity contribution in [3.8, 4) is 21.7 Å². The van der Waals surface area contributed by atoms with Gasteiger partial charge in [-0.05, 0) is 60.0 Å². The van der Waals surface area contributed by atoms with Crippen LogP contribution < -0.4 is 15.1 Å². The maximum absolute atomic E-state index is 12.9. The molecule has 1 aromatic heterocycles. The monoisotopic (exact) mass is 532 g/mol. The predicted molar refractivity (Wildman–Crippen MR) is 158 cm³/mol. The van der Waals surface area contributed by atoms with Gasteiger partial charge in [-0.25, -0.2) is 4.98 Å². The number of fused-ring (bicyclic) bond motifs is 4. The first kappa shape index (κ1) is 24.2. The van der Waals surface area contributed by atoms with Crippen molar-refractivity contribution in [1.82, 2.24) is 4.98 Å². The first-order chi connectivity index (χ1) is 19.1. The molecule has 1 amide bonds. The molecule has 0 spiro atoms. The van der Waals surface area contributed by atoms with E-state index in [1.165, 1.54) is 37.4 Å². The predicted octanol–water partition coefficient (Wildman–Crippen LogP) is 3.76. The van der Waals surface area contributed by atoms with E-state index in [0.29, 0.717) is 12.6 Å². The molecule has 2 aliphatic rings. The second-order valence-electron chi connectivity index (χ2n) is 10.8. The number of anilines is 1. The molecule has 6 heteroatoms. The van der Waals surface area contributed by atoms with Gasteiger partial charge in [-0.1, -0.05) is 54.6 Å². The van der Waals surface area contributed by atoms with Crippen molar-refractivity contribution in [2.75, 3.05) is 38.0 Å². The lowest BCUT2D eigenvalue weighted by molar-refractivity contribution is -1.02. The quantitative estimate of drug-likeness (QED) is 0.323. The van der Waals surface area contributed by atoms with Crippen LogP contribution in [0, 0.1) is 6.92 Å². The summed E-state index contributed by atoms with van der Waals surface area (Å²) in [5.74, 6) is 0.0771. The second kappa shape index (κ2) is 10.0. The van der Waals surface area contributed by atoms with Gasteiger partial charge in [0, 0.05) is 22.4 Å². The van der Waals surface area contributed by atoms with Crippen molar-refractivity contribution in [2.24, 2.45) is 0 Å². The fraction of sp³-hybridized carbons (Fsp3) is 0.212. The van der Waals surface area contributed by atoms with Gasteiger partial charge in [0.05, 0.1) is 10.2 Å².